The van der Waals surface area contributed by atoms with Crippen molar-refractivity contribution >= 4 is 28.3 Å². The highest BCUT2D eigenvalue weighted by molar-refractivity contribution is 6.11. The molecule has 5 heteroatoms. The molecule has 0 saturated heterocycles. The molecule has 21 heavy (non-hydrogen) atoms. The van der Waals surface area contributed by atoms with Crippen molar-refractivity contribution in [1.82, 2.24) is 9.97 Å². The third-order valence-electron chi connectivity index (χ3n) is 3.21. The standard InChI is InChI=1S/C16H14N4O/c1-10-8-12(17)9-19-15(10)20-16(21)13-6-2-4-11-5-3-7-18-14(11)13/h2-9H,17H2,1H3,(H,19,20,21). The van der Waals surface area contributed by atoms with Gasteiger partial charge in [0.2, 0.25) is 0 Å². The molecule has 0 bridgehead atoms. The van der Waals surface area contributed by atoms with Crippen molar-refractivity contribution in [3.8, 4) is 0 Å². The summed E-state index contributed by atoms with van der Waals surface area (Å²) in [6, 6.07) is 11.0. The number of nitrogen functional groups attached to an aromatic ring is 1. The Morgan fingerprint density at radius 2 is 2.00 bits per heavy atom. The molecular weight excluding hydrogens is 264 g/mol. The topological polar surface area (TPSA) is 80.9 Å². The van der Waals surface area contributed by atoms with E-state index in [-0.39, 0.29) is 5.91 Å². The van der Waals surface area contributed by atoms with Gasteiger partial charge in [0.1, 0.15) is 5.82 Å². The van der Waals surface area contributed by atoms with Gasteiger partial charge in [0.25, 0.3) is 5.91 Å². The molecule has 0 aliphatic carbocycles. The van der Waals surface area contributed by atoms with Gasteiger partial charge in [-0.2, -0.15) is 0 Å². The van der Waals surface area contributed by atoms with E-state index in [1.165, 1.54) is 6.20 Å². The summed E-state index contributed by atoms with van der Waals surface area (Å²) >= 11 is 0. The first-order valence-corrected chi connectivity index (χ1v) is 6.52. The SMILES string of the molecule is Cc1cc(N)cnc1NC(=O)c1cccc2cccnc12. The number of aryl methyl sites for hydroxylation is 1. The minimum absolute atomic E-state index is 0.236. The van der Waals surface area contributed by atoms with Crippen molar-refractivity contribution in [3.63, 3.8) is 0 Å². The number of nitrogens with one attached hydrogen (secondary N) is 1. The summed E-state index contributed by atoms with van der Waals surface area (Å²) < 4.78 is 0. The number of nitrogens with zero attached hydrogens (tertiary/aromatic N) is 2. The van der Waals surface area contributed by atoms with Gasteiger partial charge in [0.05, 0.1) is 23.0 Å². The number of aromatic nitrogens is 2. The van der Waals surface area contributed by atoms with Crippen molar-refractivity contribution in [2.75, 3.05) is 11.1 Å². The maximum Gasteiger partial charge on any atom is 0.259 e. The zero-order chi connectivity index (χ0) is 14.8. The summed E-state index contributed by atoms with van der Waals surface area (Å²) in [5.74, 6) is 0.266. The minimum Gasteiger partial charge on any atom is -0.397 e. The smallest absolute Gasteiger partial charge is 0.259 e. The molecule has 0 fully saturated rings. The monoisotopic (exact) mass is 278 g/mol. The number of carbonyl (C=O) groups is 1. The van der Waals surface area contributed by atoms with Crippen molar-refractivity contribution < 1.29 is 4.79 Å². The van der Waals surface area contributed by atoms with Crippen LogP contribution in [0, 0.1) is 6.92 Å². The van der Waals surface area contributed by atoms with E-state index < -0.39 is 0 Å². The van der Waals surface area contributed by atoms with E-state index in [1.54, 1.807) is 18.3 Å². The van der Waals surface area contributed by atoms with Gasteiger partial charge in [-0.3, -0.25) is 9.78 Å². The number of rotatable bonds is 2. The van der Waals surface area contributed by atoms with Crippen LogP contribution >= 0.6 is 0 Å². The predicted molar refractivity (Wildman–Crippen MR) is 83.1 cm³/mol. The van der Waals surface area contributed by atoms with Crippen LogP contribution in [0.4, 0.5) is 11.5 Å². The summed E-state index contributed by atoms with van der Waals surface area (Å²) in [5, 5.41) is 3.72. The number of benzene rings is 1. The molecule has 0 unspecified atom stereocenters. The third kappa shape index (κ3) is 2.53. The average Bonchev–Trinajstić information content (AvgIpc) is 2.49. The van der Waals surface area contributed by atoms with Gasteiger partial charge in [-0.15, -0.1) is 0 Å². The highest BCUT2D eigenvalue weighted by Gasteiger charge is 2.12. The molecule has 0 spiro atoms. The Labute approximate surface area is 121 Å². The number of fused-ring (bicyclic) bond motifs is 1. The van der Waals surface area contributed by atoms with Crippen LogP contribution in [0.5, 0.6) is 0 Å². The molecule has 3 aromatic rings. The molecule has 5 nitrogen and oxygen atoms in total. The second-order valence-electron chi connectivity index (χ2n) is 4.77. The first kappa shape index (κ1) is 13.1. The Morgan fingerprint density at radius 3 is 2.81 bits per heavy atom. The average molecular weight is 278 g/mol. The number of carbonyl (C=O) groups excluding carboxylic acids is 1. The van der Waals surface area contributed by atoms with Gasteiger partial charge < -0.3 is 11.1 Å². The molecule has 0 aliphatic rings. The molecule has 0 radical (unpaired) electrons. The van der Waals surface area contributed by atoms with Crippen LogP contribution in [0.25, 0.3) is 10.9 Å². The Morgan fingerprint density at radius 1 is 1.19 bits per heavy atom. The number of nitrogens with two attached hydrogens (primary N) is 1. The molecule has 104 valence electrons. The Kier molecular flexibility index (Phi) is 3.23. The Hall–Kier alpha value is -2.95. The van der Waals surface area contributed by atoms with Crippen molar-refractivity contribution in [1.29, 1.82) is 0 Å². The number of hydrogen-bond donors (Lipinski definition) is 2. The van der Waals surface area contributed by atoms with E-state index in [9.17, 15) is 4.79 Å². The quantitative estimate of drug-likeness (QED) is 0.755. The van der Waals surface area contributed by atoms with Gasteiger partial charge >= 0.3 is 0 Å². The number of para-hydroxylation sites is 1. The fourth-order valence-electron chi connectivity index (χ4n) is 2.19. The van der Waals surface area contributed by atoms with E-state index in [4.69, 9.17) is 5.73 Å². The highest BCUT2D eigenvalue weighted by atomic mass is 16.1. The first-order chi connectivity index (χ1) is 10.1. The van der Waals surface area contributed by atoms with E-state index in [1.807, 2.05) is 31.2 Å². The van der Waals surface area contributed by atoms with Crippen molar-refractivity contribution in [2.24, 2.45) is 0 Å². The number of hydrogen-bond acceptors (Lipinski definition) is 4. The number of pyridine rings is 2. The second kappa shape index (κ2) is 5.20. The van der Waals surface area contributed by atoms with Gasteiger partial charge in [-0.05, 0) is 30.7 Å². The molecule has 1 aromatic carbocycles. The van der Waals surface area contributed by atoms with Crippen LogP contribution in [0.1, 0.15) is 15.9 Å². The molecular formula is C16H14N4O. The molecule has 0 atom stereocenters. The summed E-state index contributed by atoms with van der Waals surface area (Å²) in [6.45, 7) is 1.85. The lowest BCUT2D eigenvalue weighted by Gasteiger charge is -2.09. The maximum absolute atomic E-state index is 12.4. The molecule has 0 saturated carbocycles. The molecule has 3 N–H and O–H groups in total. The largest absolute Gasteiger partial charge is 0.397 e. The lowest BCUT2D eigenvalue weighted by molar-refractivity contribution is 0.102. The van der Waals surface area contributed by atoms with Crippen LogP contribution < -0.4 is 11.1 Å². The fourth-order valence-corrected chi connectivity index (χ4v) is 2.19. The van der Waals surface area contributed by atoms with E-state index in [0.717, 1.165) is 10.9 Å². The Balaban J connectivity index is 1.97. The fraction of sp³-hybridized carbons (Fsp3) is 0.0625. The van der Waals surface area contributed by atoms with Crippen molar-refractivity contribution in [2.45, 2.75) is 6.92 Å². The van der Waals surface area contributed by atoms with E-state index >= 15 is 0 Å². The summed E-state index contributed by atoms with van der Waals surface area (Å²) in [6.07, 6.45) is 3.19. The molecule has 3 rings (SSSR count). The van der Waals surface area contributed by atoms with Crippen LogP contribution in [0.2, 0.25) is 0 Å². The van der Waals surface area contributed by atoms with Crippen LogP contribution in [-0.4, -0.2) is 15.9 Å². The molecule has 0 aliphatic heterocycles. The van der Waals surface area contributed by atoms with Gasteiger partial charge in [0, 0.05) is 11.6 Å². The van der Waals surface area contributed by atoms with Gasteiger partial charge in [0.15, 0.2) is 0 Å². The summed E-state index contributed by atoms with van der Waals surface area (Å²) in [7, 11) is 0. The maximum atomic E-state index is 12.4. The van der Waals surface area contributed by atoms with Crippen LogP contribution in [-0.2, 0) is 0 Å². The first-order valence-electron chi connectivity index (χ1n) is 6.52. The molecule has 2 aromatic heterocycles. The summed E-state index contributed by atoms with van der Waals surface area (Å²) in [4.78, 5) is 20.9. The van der Waals surface area contributed by atoms with E-state index in [0.29, 0.717) is 22.6 Å². The molecule has 2 heterocycles. The normalized spacial score (nSPS) is 10.5. The predicted octanol–water partition coefficient (Wildman–Crippen LogP) is 2.77. The zero-order valence-electron chi connectivity index (χ0n) is 11.5. The van der Waals surface area contributed by atoms with Gasteiger partial charge in [-0.1, -0.05) is 18.2 Å². The lowest BCUT2D eigenvalue weighted by atomic mass is 10.1. The van der Waals surface area contributed by atoms with Crippen molar-refractivity contribution in [3.05, 3.63) is 59.9 Å². The lowest BCUT2D eigenvalue weighted by Crippen LogP contribution is -2.14. The second-order valence-corrected chi connectivity index (χ2v) is 4.77. The number of anilines is 2. The summed E-state index contributed by atoms with van der Waals surface area (Å²) in [5.41, 5.74) is 8.23. The van der Waals surface area contributed by atoms with Crippen LogP contribution in [0.15, 0.2) is 48.8 Å². The van der Waals surface area contributed by atoms with Crippen LogP contribution in [0.3, 0.4) is 0 Å². The minimum atomic E-state index is -0.236. The third-order valence-corrected chi connectivity index (χ3v) is 3.21. The Bertz CT molecular complexity index is 824. The number of amides is 1. The van der Waals surface area contributed by atoms with E-state index in [2.05, 4.69) is 15.3 Å². The zero-order valence-corrected chi connectivity index (χ0v) is 11.5. The molecule has 1 amide bonds. The van der Waals surface area contributed by atoms with Gasteiger partial charge in [-0.25, -0.2) is 4.98 Å². The highest BCUT2D eigenvalue weighted by Crippen LogP contribution is 2.19.